The Kier molecular flexibility index (Phi) is 3.94. The van der Waals surface area contributed by atoms with Gasteiger partial charge in [0.1, 0.15) is 17.2 Å². The maximum atomic E-state index is 6.32. The molecule has 1 unspecified atom stereocenters. The summed E-state index contributed by atoms with van der Waals surface area (Å²) >= 11 is 0. The summed E-state index contributed by atoms with van der Waals surface area (Å²) in [5, 5.41) is 0. The van der Waals surface area contributed by atoms with Gasteiger partial charge in [-0.15, -0.1) is 0 Å². The number of rotatable bonds is 4. The fraction of sp³-hybridized carbons (Fsp3) is 0.429. The lowest BCUT2D eigenvalue weighted by Crippen LogP contribution is -2.17. The zero-order valence-corrected chi connectivity index (χ0v) is 12.4. The summed E-state index contributed by atoms with van der Waals surface area (Å²) in [5.41, 5.74) is 8.81. The molecule has 0 saturated heterocycles. The van der Waals surface area contributed by atoms with Crippen molar-refractivity contribution in [3.8, 4) is 11.8 Å². The summed E-state index contributed by atoms with van der Waals surface area (Å²) in [6.45, 7) is 5.78. The molecule has 2 heterocycles. The van der Waals surface area contributed by atoms with Crippen LogP contribution in [0.25, 0.3) is 0 Å². The summed E-state index contributed by atoms with van der Waals surface area (Å²) in [5.74, 6) is 2.38. The van der Waals surface area contributed by atoms with Gasteiger partial charge in [-0.1, -0.05) is 0 Å². The minimum Gasteiger partial charge on any atom is -0.480 e. The van der Waals surface area contributed by atoms with E-state index in [-0.39, 0.29) is 0 Å². The third-order valence-electron chi connectivity index (χ3n) is 3.37. The van der Waals surface area contributed by atoms with E-state index in [4.69, 9.17) is 19.6 Å². The molecule has 0 fully saturated rings. The van der Waals surface area contributed by atoms with E-state index in [0.717, 1.165) is 22.6 Å². The number of hydrogen-bond donors (Lipinski definition) is 1. The molecule has 2 aromatic rings. The zero-order chi connectivity index (χ0) is 14.9. The number of nitrogens with two attached hydrogens (primary N) is 1. The molecule has 20 heavy (non-hydrogen) atoms. The van der Waals surface area contributed by atoms with Crippen molar-refractivity contribution < 1.29 is 13.9 Å². The molecule has 0 aliphatic heterocycles. The Balaban J connectivity index is 2.50. The van der Waals surface area contributed by atoms with E-state index in [2.05, 4.69) is 9.97 Å². The molecule has 6 nitrogen and oxygen atoms in total. The molecule has 0 bridgehead atoms. The van der Waals surface area contributed by atoms with Gasteiger partial charge in [0.15, 0.2) is 0 Å². The van der Waals surface area contributed by atoms with Crippen LogP contribution in [0.5, 0.6) is 11.8 Å². The van der Waals surface area contributed by atoms with Crippen LogP contribution in [0.15, 0.2) is 10.6 Å². The fourth-order valence-electron chi connectivity index (χ4n) is 2.23. The van der Waals surface area contributed by atoms with E-state index >= 15 is 0 Å². The van der Waals surface area contributed by atoms with E-state index < -0.39 is 6.04 Å². The molecule has 108 valence electrons. The number of aryl methyl sites for hydroxylation is 2. The Morgan fingerprint density at radius 2 is 1.85 bits per heavy atom. The Bertz CT molecular complexity index is 622. The molecular weight excluding hydrogens is 258 g/mol. The highest BCUT2D eigenvalue weighted by Gasteiger charge is 2.24. The van der Waals surface area contributed by atoms with Crippen molar-refractivity contribution in [1.29, 1.82) is 0 Å². The van der Waals surface area contributed by atoms with Gasteiger partial charge in [-0.3, -0.25) is 0 Å². The highest BCUT2D eigenvalue weighted by Crippen LogP contribution is 2.32. The Labute approximate surface area is 117 Å². The first kappa shape index (κ1) is 14.3. The largest absolute Gasteiger partial charge is 0.480 e. The van der Waals surface area contributed by atoms with Crippen LogP contribution in [0.3, 0.4) is 0 Å². The molecule has 6 heteroatoms. The summed E-state index contributed by atoms with van der Waals surface area (Å²) in [7, 11) is 3.05. The molecule has 0 aliphatic carbocycles. The molecule has 2 aromatic heterocycles. The van der Waals surface area contributed by atoms with Gasteiger partial charge in [-0.2, -0.15) is 4.98 Å². The van der Waals surface area contributed by atoms with Gasteiger partial charge in [0, 0.05) is 5.56 Å². The number of ether oxygens (including phenoxy) is 2. The molecule has 0 spiro atoms. The third kappa shape index (κ3) is 2.34. The SMILES string of the molecule is COc1cnc(C(N)c2c(C)oc(C)c2C)c(OC)n1. The quantitative estimate of drug-likeness (QED) is 0.921. The molecule has 2 rings (SSSR count). The van der Waals surface area contributed by atoms with Crippen LogP contribution in [0.4, 0.5) is 0 Å². The first-order valence-corrected chi connectivity index (χ1v) is 6.26. The second-order valence-corrected chi connectivity index (χ2v) is 4.54. The molecule has 0 aromatic carbocycles. The van der Waals surface area contributed by atoms with E-state index in [1.165, 1.54) is 20.4 Å². The van der Waals surface area contributed by atoms with Crippen LogP contribution in [0.2, 0.25) is 0 Å². The van der Waals surface area contributed by atoms with E-state index in [9.17, 15) is 0 Å². The molecule has 2 N–H and O–H groups in total. The van der Waals surface area contributed by atoms with Crippen molar-refractivity contribution in [1.82, 2.24) is 9.97 Å². The van der Waals surface area contributed by atoms with Crippen molar-refractivity contribution in [2.24, 2.45) is 5.73 Å². The number of nitrogens with zero attached hydrogens (tertiary/aromatic N) is 2. The minimum atomic E-state index is -0.458. The standard InChI is InChI=1S/C14H19N3O3/c1-7-8(2)20-9(3)11(7)12(15)13-14(19-5)17-10(18-4)6-16-13/h6,12H,15H2,1-5H3. The normalized spacial score (nSPS) is 12.3. The summed E-state index contributed by atoms with van der Waals surface area (Å²) in [6.07, 6.45) is 1.52. The smallest absolute Gasteiger partial charge is 0.240 e. The van der Waals surface area contributed by atoms with Crippen LogP contribution < -0.4 is 15.2 Å². The van der Waals surface area contributed by atoms with Crippen molar-refractivity contribution in [3.05, 3.63) is 34.5 Å². The average Bonchev–Trinajstić information content (AvgIpc) is 2.70. The highest BCUT2D eigenvalue weighted by atomic mass is 16.5. The third-order valence-corrected chi connectivity index (χ3v) is 3.37. The van der Waals surface area contributed by atoms with E-state index in [1.54, 1.807) is 0 Å². The summed E-state index contributed by atoms with van der Waals surface area (Å²) in [6, 6.07) is -0.458. The first-order chi connectivity index (χ1) is 9.49. The van der Waals surface area contributed by atoms with Crippen LogP contribution in [0, 0.1) is 20.8 Å². The van der Waals surface area contributed by atoms with Gasteiger partial charge < -0.3 is 19.6 Å². The Morgan fingerprint density at radius 3 is 2.35 bits per heavy atom. The fourth-order valence-corrected chi connectivity index (χ4v) is 2.23. The number of hydrogen-bond acceptors (Lipinski definition) is 6. The first-order valence-electron chi connectivity index (χ1n) is 6.26. The molecular formula is C14H19N3O3. The lowest BCUT2D eigenvalue weighted by Gasteiger charge is -2.15. The zero-order valence-electron chi connectivity index (χ0n) is 12.4. The molecule has 0 saturated carbocycles. The second-order valence-electron chi connectivity index (χ2n) is 4.54. The van der Waals surface area contributed by atoms with E-state index in [0.29, 0.717) is 17.5 Å². The van der Waals surface area contributed by atoms with Gasteiger partial charge in [0.05, 0.1) is 26.5 Å². The monoisotopic (exact) mass is 277 g/mol. The van der Waals surface area contributed by atoms with Gasteiger partial charge >= 0.3 is 0 Å². The molecule has 0 aliphatic rings. The van der Waals surface area contributed by atoms with Crippen molar-refractivity contribution in [2.75, 3.05) is 14.2 Å². The minimum absolute atomic E-state index is 0.356. The number of methoxy groups -OCH3 is 2. The Hall–Kier alpha value is -2.08. The number of aromatic nitrogens is 2. The highest BCUT2D eigenvalue weighted by molar-refractivity contribution is 5.41. The van der Waals surface area contributed by atoms with Crippen LogP contribution in [-0.4, -0.2) is 24.2 Å². The van der Waals surface area contributed by atoms with Gasteiger partial charge in [-0.25, -0.2) is 4.98 Å². The molecule has 0 radical (unpaired) electrons. The lowest BCUT2D eigenvalue weighted by atomic mass is 10.0. The van der Waals surface area contributed by atoms with Gasteiger partial charge in [-0.05, 0) is 26.3 Å². The van der Waals surface area contributed by atoms with Crippen molar-refractivity contribution in [2.45, 2.75) is 26.8 Å². The lowest BCUT2D eigenvalue weighted by molar-refractivity contribution is 0.355. The predicted molar refractivity (Wildman–Crippen MR) is 74.1 cm³/mol. The van der Waals surface area contributed by atoms with Gasteiger partial charge in [0.2, 0.25) is 11.8 Å². The van der Waals surface area contributed by atoms with Crippen molar-refractivity contribution in [3.63, 3.8) is 0 Å². The van der Waals surface area contributed by atoms with Crippen LogP contribution in [-0.2, 0) is 0 Å². The van der Waals surface area contributed by atoms with Crippen molar-refractivity contribution >= 4 is 0 Å². The average molecular weight is 277 g/mol. The number of furan rings is 1. The topological polar surface area (TPSA) is 83.4 Å². The summed E-state index contributed by atoms with van der Waals surface area (Å²) < 4.78 is 15.9. The second kappa shape index (κ2) is 5.50. The maximum Gasteiger partial charge on any atom is 0.240 e. The molecule has 0 amide bonds. The summed E-state index contributed by atoms with van der Waals surface area (Å²) in [4.78, 5) is 8.51. The Morgan fingerprint density at radius 1 is 1.15 bits per heavy atom. The van der Waals surface area contributed by atoms with Crippen LogP contribution in [0.1, 0.15) is 34.4 Å². The maximum absolute atomic E-state index is 6.32. The van der Waals surface area contributed by atoms with Gasteiger partial charge in [0.25, 0.3) is 0 Å². The molecule has 1 atom stereocenters. The van der Waals surface area contributed by atoms with E-state index in [1.807, 2.05) is 20.8 Å². The predicted octanol–water partition coefficient (Wildman–Crippen LogP) is 2.06. The van der Waals surface area contributed by atoms with Crippen LogP contribution >= 0.6 is 0 Å².